The Balaban J connectivity index is 2.13. The van der Waals surface area contributed by atoms with Crippen LogP contribution in [0.3, 0.4) is 0 Å². The quantitative estimate of drug-likeness (QED) is 0.685. The summed E-state index contributed by atoms with van der Waals surface area (Å²) in [6.07, 6.45) is 0. The van der Waals surface area contributed by atoms with Crippen molar-refractivity contribution in [1.82, 2.24) is 4.98 Å². The van der Waals surface area contributed by atoms with E-state index in [2.05, 4.69) is 4.98 Å². The molecule has 20 heavy (non-hydrogen) atoms. The summed E-state index contributed by atoms with van der Waals surface area (Å²) >= 11 is 0. The van der Waals surface area contributed by atoms with Crippen LogP contribution in [0.25, 0.3) is 22.0 Å². The van der Waals surface area contributed by atoms with E-state index in [1.807, 2.05) is 24.3 Å². The molecule has 0 bridgehead atoms. The fourth-order valence-electron chi connectivity index (χ4n) is 2.04. The molecular formula is C15H13NO4. The third-order valence-corrected chi connectivity index (χ3v) is 2.99. The molecular weight excluding hydrogens is 258 g/mol. The third kappa shape index (κ3) is 2.07. The van der Waals surface area contributed by atoms with Crippen LogP contribution < -0.4 is 4.74 Å². The monoisotopic (exact) mass is 271 g/mol. The van der Waals surface area contributed by atoms with E-state index in [4.69, 9.17) is 13.9 Å². The van der Waals surface area contributed by atoms with Crippen LogP contribution in [-0.4, -0.2) is 24.7 Å². The Kier molecular flexibility index (Phi) is 3.02. The summed E-state index contributed by atoms with van der Waals surface area (Å²) in [5.74, 6) is 0.408. The van der Waals surface area contributed by atoms with Crippen molar-refractivity contribution in [2.24, 2.45) is 0 Å². The van der Waals surface area contributed by atoms with E-state index in [1.165, 1.54) is 0 Å². The molecule has 5 heteroatoms. The third-order valence-electron chi connectivity index (χ3n) is 2.99. The number of pyridine rings is 1. The Hall–Kier alpha value is -2.56. The van der Waals surface area contributed by atoms with Crippen LogP contribution >= 0.6 is 0 Å². The molecule has 3 aromatic rings. The maximum atomic E-state index is 11.6. The van der Waals surface area contributed by atoms with Crippen molar-refractivity contribution < 1.29 is 18.7 Å². The topological polar surface area (TPSA) is 61.6 Å². The molecule has 0 saturated carbocycles. The van der Waals surface area contributed by atoms with E-state index in [1.54, 1.807) is 20.1 Å². The van der Waals surface area contributed by atoms with Gasteiger partial charge in [-0.1, -0.05) is 0 Å². The minimum absolute atomic E-state index is 0.164. The van der Waals surface area contributed by atoms with Gasteiger partial charge in [-0.05, 0) is 25.1 Å². The van der Waals surface area contributed by atoms with Crippen LogP contribution in [-0.2, 0) is 4.74 Å². The highest BCUT2D eigenvalue weighted by Crippen LogP contribution is 2.25. The molecule has 0 aliphatic heterocycles. The summed E-state index contributed by atoms with van der Waals surface area (Å²) in [7, 11) is 1.60. The number of carbonyl (C=O) groups excluding carboxylic acids is 1. The van der Waals surface area contributed by atoms with Crippen molar-refractivity contribution >= 4 is 28.0 Å². The van der Waals surface area contributed by atoms with Gasteiger partial charge in [0.25, 0.3) is 0 Å². The number of aromatic nitrogens is 1. The lowest BCUT2D eigenvalue weighted by molar-refractivity contribution is 0.0492. The minimum Gasteiger partial charge on any atom is -0.497 e. The van der Waals surface area contributed by atoms with Crippen molar-refractivity contribution in [1.29, 1.82) is 0 Å². The van der Waals surface area contributed by atoms with Crippen molar-refractivity contribution in [2.45, 2.75) is 6.92 Å². The molecule has 0 amide bonds. The largest absolute Gasteiger partial charge is 0.497 e. The summed E-state index contributed by atoms with van der Waals surface area (Å²) in [5, 5.41) is 1.72. The second-order valence-electron chi connectivity index (χ2n) is 4.27. The maximum Gasteiger partial charge on any atom is 0.374 e. The molecule has 0 unspecified atom stereocenters. The fraction of sp³-hybridized carbons (Fsp3) is 0.200. The average Bonchev–Trinajstić information content (AvgIpc) is 2.87. The highest BCUT2D eigenvalue weighted by atomic mass is 16.5. The molecule has 0 aliphatic rings. The number of fused-ring (bicyclic) bond motifs is 2. The number of methoxy groups -OCH3 is 1. The Morgan fingerprint density at radius 3 is 2.85 bits per heavy atom. The van der Waals surface area contributed by atoms with Gasteiger partial charge in [-0.3, -0.25) is 0 Å². The molecule has 0 fully saturated rings. The first-order valence-electron chi connectivity index (χ1n) is 6.26. The number of ether oxygens (including phenoxy) is 2. The highest BCUT2D eigenvalue weighted by molar-refractivity contribution is 5.96. The Morgan fingerprint density at radius 1 is 1.25 bits per heavy atom. The number of esters is 1. The van der Waals surface area contributed by atoms with E-state index in [0.717, 1.165) is 22.0 Å². The molecule has 0 radical (unpaired) electrons. The van der Waals surface area contributed by atoms with Crippen LogP contribution in [0.4, 0.5) is 0 Å². The van der Waals surface area contributed by atoms with E-state index in [-0.39, 0.29) is 5.76 Å². The molecule has 3 rings (SSSR count). The zero-order valence-corrected chi connectivity index (χ0v) is 11.2. The lowest BCUT2D eigenvalue weighted by atomic mass is 10.2. The van der Waals surface area contributed by atoms with E-state index >= 15 is 0 Å². The summed E-state index contributed by atoms with van der Waals surface area (Å²) in [6.45, 7) is 2.06. The SMILES string of the molecule is CCOC(=O)c1cc2cc3ccc(OC)cc3nc2o1. The van der Waals surface area contributed by atoms with Gasteiger partial charge in [0.05, 0.1) is 19.2 Å². The van der Waals surface area contributed by atoms with Gasteiger partial charge in [-0.25, -0.2) is 9.78 Å². The second kappa shape index (κ2) is 4.85. The predicted octanol–water partition coefficient (Wildman–Crippen LogP) is 3.17. The van der Waals surface area contributed by atoms with Crippen LogP contribution in [0.2, 0.25) is 0 Å². The van der Waals surface area contributed by atoms with Gasteiger partial charge in [-0.15, -0.1) is 0 Å². The molecule has 2 heterocycles. The Bertz CT molecular complexity index is 791. The number of rotatable bonds is 3. The molecule has 1 aromatic carbocycles. The highest BCUT2D eigenvalue weighted by Gasteiger charge is 2.14. The van der Waals surface area contributed by atoms with Crippen LogP contribution in [0.5, 0.6) is 5.75 Å². The van der Waals surface area contributed by atoms with Crippen molar-refractivity contribution in [3.8, 4) is 5.75 Å². The predicted molar refractivity (Wildman–Crippen MR) is 74.0 cm³/mol. The molecule has 2 aromatic heterocycles. The van der Waals surface area contributed by atoms with Crippen LogP contribution in [0.15, 0.2) is 34.7 Å². The van der Waals surface area contributed by atoms with Gasteiger partial charge in [0.1, 0.15) is 5.75 Å². The molecule has 0 saturated heterocycles. The van der Waals surface area contributed by atoms with Crippen LogP contribution in [0, 0.1) is 0 Å². The number of benzene rings is 1. The second-order valence-corrected chi connectivity index (χ2v) is 4.27. The summed E-state index contributed by atoms with van der Waals surface area (Å²) in [4.78, 5) is 16.0. The molecule has 5 nitrogen and oxygen atoms in total. The van der Waals surface area contributed by atoms with Gasteiger partial charge >= 0.3 is 5.97 Å². The number of hydrogen-bond acceptors (Lipinski definition) is 5. The molecule has 102 valence electrons. The minimum atomic E-state index is -0.480. The van der Waals surface area contributed by atoms with Gasteiger partial charge in [0.2, 0.25) is 11.5 Å². The Morgan fingerprint density at radius 2 is 2.10 bits per heavy atom. The maximum absolute atomic E-state index is 11.6. The standard InChI is InChI=1S/C15H13NO4/c1-3-19-15(17)13-7-10-6-9-4-5-11(18-2)8-12(9)16-14(10)20-13/h4-8H,3H2,1-2H3. The average molecular weight is 271 g/mol. The smallest absolute Gasteiger partial charge is 0.374 e. The summed E-state index contributed by atoms with van der Waals surface area (Å²) < 4.78 is 15.5. The molecule has 0 atom stereocenters. The summed E-state index contributed by atoms with van der Waals surface area (Å²) in [5.41, 5.74) is 1.16. The number of hydrogen-bond donors (Lipinski definition) is 0. The van der Waals surface area contributed by atoms with Gasteiger partial charge in [0.15, 0.2) is 0 Å². The first-order chi connectivity index (χ1) is 9.71. The lowest BCUT2D eigenvalue weighted by Gasteiger charge is -2.01. The van der Waals surface area contributed by atoms with Gasteiger partial charge in [0, 0.05) is 22.9 Å². The van der Waals surface area contributed by atoms with Gasteiger partial charge < -0.3 is 13.9 Å². The van der Waals surface area contributed by atoms with E-state index in [9.17, 15) is 4.79 Å². The number of furan rings is 1. The lowest BCUT2D eigenvalue weighted by Crippen LogP contribution is -2.02. The van der Waals surface area contributed by atoms with Crippen molar-refractivity contribution in [3.05, 3.63) is 36.1 Å². The number of nitrogens with zero attached hydrogens (tertiary/aromatic N) is 1. The fourth-order valence-corrected chi connectivity index (χ4v) is 2.04. The van der Waals surface area contributed by atoms with Crippen LogP contribution in [0.1, 0.15) is 17.5 Å². The first kappa shape index (κ1) is 12.5. The normalized spacial score (nSPS) is 10.9. The van der Waals surface area contributed by atoms with Gasteiger partial charge in [-0.2, -0.15) is 0 Å². The van der Waals surface area contributed by atoms with E-state index < -0.39 is 5.97 Å². The first-order valence-corrected chi connectivity index (χ1v) is 6.26. The zero-order chi connectivity index (χ0) is 14.1. The molecule has 0 N–H and O–H groups in total. The van der Waals surface area contributed by atoms with Crippen molar-refractivity contribution in [2.75, 3.05) is 13.7 Å². The summed E-state index contributed by atoms with van der Waals surface area (Å²) in [6, 6.07) is 9.16. The Labute approximate surface area is 115 Å². The van der Waals surface area contributed by atoms with Crippen molar-refractivity contribution in [3.63, 3.8) is 0 Å². The molecule has 0 aliphatic carbocycles. The zero-order valence-electron chi connectivity index (χ0n) is 11.2. The number of carbonyl (C=O) groups is 1. The molecule has 0 spiro atoms. The van der Waals surface area contributed by atoms with E-state index in [0.29, 0.717) is 12.3 Å².